The largest absolute Gasteiger partial charge is 0.311 e. The third-order valence-corrected chi connectivity index (χ3v) is 5.70. The van der Waals surface area contributed by atoms with Crippen LogP contribution in [0.1, 0.15) is 37.1 Å². The Balaban J connectivity index is 1.70. The van der Waals surface area contributed by atoms with E-state index in [2.05, 4.69) is 39.6 Å². The minimum Gasteiger partial charge on any atom is -0.311 e. The van der Waals surface area contributed by atoms with Crippen molar-refractivity contribution in [2.75, 3.05) is 39.3 Å². The molecule has 3 nitrogen and oxygen atoms in total. The lowest BCUT2D eigenvalue weighted by atomic mass is 10.1. The zero-order valence-corrected chi connectivity index (χ0v) is 13.4. The molecule has 0 bridgehead atoms. The van der Waals surface area contributed by atoms with Crippen molar-refractivity contribution in [2.24, 2.45) is 0 Å². The van der Waals surface area contributed by atoms with Crippen molar-refractivity contribution < 1.29 is 0 Å². The van der Waals surface area contributed by atoms with Crippen molar-refractivity contribution in [1.82, 2.24) is 15.1 Å². The highest BCUT2D eigenvalue weighted by molar-refractivity contribution is 7.10. The Hall–Kier alpha value is -0.420. The third-order valence-electron chi connectivity index (χ3n) is 4.72. The summed E-state index contributed by atoms with van der Waals surface area (Å²) in [4.78, 5) is 6.93. The van der Waals surface area contributed by atoms with E-state index in [1.807, 2.05) is 11.3 Å². The summed E-state index contributed by atoms with van der Waals surface area (Å²) in [6, 6.07) is 5.80. The van der Waals surface area contributed by atoms with E-state index in [0.29, 0.717) is 12.1 Å². The molecule has 1 N–H and O–H groups in total. The molecule has 112 valence electrons. The van der Waals surface area contributed by atoms with Gasteiger partial charge in [-0.1, -0.05) is 13.0 Å². The fourth-order valence-electron chi connectivity index (χ4n) is 3.48. The molecule has 0 amide bonds. The Bertz CT molecular complexity index is 386. The minimum absolute atomic E-state index is 0.601. The first kappa shape index (κ1) is 14.5. The summed E-state index contributed by atoms with van der Waals surface area (Å²) in [5, 5.41) is 5.87. The first-order valence-corrected chi connectivity index (χ1v) is 8.98. The number of likely N-dealkylation sites (tertiary alicyclic amines) is 1. The second-order valence-corrected chi connectivity index (χ2v) is 7.07. The predicted molar refractivity (Wildman–Crippen MR) is 86.4 cm³/mol. The Morgan fingerprint density at radius 1 is 1.35 bits per heavy atom. The Labute approximate surface area is 127 Å². The SMILES string of the molecule is CCC1CN(C(CN2CCCC2)c2cccs2)CCN1. The van der Waals surface area contributed by atoms with Gasteiger partial charge in [0.1, 0.15) is 0 Å². The molecule has 2 saturated heterocycles. The average Bonchev–Trinajstić information content (AvgIpc) is 3.18. The van der Waals surface area contributed by atoms with E-state index in [-0.39, 0.29) is 0 Å². The molecule has 4 heteroatoms. The van der Waals surface area contributed by atoms with Crippen LogP contribution in [0.2, 0.25) is 0 Å². The summed E-state index contributed by atoms with van der Waals surface area (Å²) in [5.41, 5.74) is 0. The first-order chi connectivity index (χ1) is 9.86. The van der Waals surface area contributed by atoms with E-state index in [4.69, 9.17) is 0 Å². The first-order valence-electron chi connectivity index (χ1n) is 8.10. The van der Waals surface area contributed by atoms with Crippen molar-refractivity contribution in [2.45, 2.75) is 38.3 Å². The number of nitrogens with one attached hydrogen (secondary N) is 1. The average molecular weight is 293 g/mol. The molecule has 0 saturated carbocycles. The maximum Gasteiger partial charge on any atom is 0.0570 e. The van der Waals surface area contributed by atoms with Gasteiger partial charge in [0.05, 0.1) is 6.04 Å². The summed E-state index contributed by atoms with van der Waals surface area (Å²) >= 11 is 1.93. The van der Waals surface area contributed by atoms with Crippen molar-refractivity contribution in [1.29, 1.82) is 0 Å². The quantitative estimate of drug-likeness (QED) is 0.900. The molecule has 2 aliphatic heterocycles. The second-order valence-electron chi connectivity index (χ2n) is 6.09. The van der Waals surface area contributed by atoms with Crippen LogP contribution in [0.4, 0.5) is 0 Å². The molecule has 1 aromatic heterocycles. The fraction of sp³-hybridized carbons (Fsp3) is 0.750. The van der Waals surface area contributed by atoms with Crippen LogP contribution in [0.5, 0.6) is 0 Å². The number of rotatable bonds is 5. The van der Waals surface area contributed by atoms with Crippen LogP contribution in [-0.4, -0.2) is 55.1 Å². The maximum absolute atomic E-state index is 3.64. The molecule has 3 heterocycles. The molecule has 0 spiro atoms. The highest BCUT2D eigenvalue weighted by Crippen LogP contribution is 2.28. The molecule has 0 aliphatic carbocycles. The van der Waals surface area contributed by atoms with Crippen molar-refractivity contribution in [3.63, 3.8) is 0 Å². The molecule has 2 unspecified atom stereocenters. The summed E-state index contributed by atoms with van der Waals surface area (Å²) < 4.78 is 0. The summed E-state index contributed by atoms with van der Waals surface area (Å²) in [7, 11) is 0. The Kier molecular flexibility index (Phi) is 5.10. The van der Waals surface area contributed by atoms with E-state index in [0.717, 1.165) is 6.54 Å². The molecule has 0 radical (unpaired) electrons. The number of hydrogen-bond donors (Lipinski definition) is 1. The van der Waals surface area contributed by atoms with Crippen molar-refractivity contribution >= 4 is 11.3 Å². The highest BCUT2D eigenvalue weighted by Gasteiger charge is 2.28. The van der Waals surface area contributed by atoms with Gasteiger partial charge in [0.25, 0.3) is 0 Å². The van der Waals surface area contributed by atoms with Gasteiger partial charge in [-0.25, -0.2) is 0 Å². The maximum atomic E-state index is 3.64. The normalized spacial score (nSPS) is 26.9. The Morgan fingerprint density at radius 3 is 2.90 bits per heavy atom. The van der Waals surface area contributed by atoms with Crippen LogP contribution in [-0.2, 0) is 0 Å². The summed E-state index contributed by atoms with van der Waals surface area (Å²) in [6.45, 7) is 9.63. The number of nitrogens with zero attached hydrogens (tertiary/aromatic N) is 2. The van der Waals surface area contributed by atoms with Gasteiger partial charge in [-0.2, -0.15) is 0 Å². The van der Waals surface area contributed by atoms with Gasteiger partial charge in [0.15, 0.2) is 0 Å². The molecular formula is C16H27N3S. The molecule has 20 heavy (non-hydrogen) atoms. The highest BCUT2D eigenvalue weighted by atomic mass is 32.1. The lowest BCUT2D eigenvalue weighted by molar-refractivity contribution is 0.114. The van der Waals surface area contributed by atoms with Crippen LogP contribution in [0.3, 0.4) is 0 Å². The zero-order valence-electron chi connectivity index (χ0n) is 12.6. The van der Waals surface area contributed by atoms with Crippen LogP contribution >= 0.6 is 11.3 Å². The molecule has 2 fully saturated rings. The van der Waals surface area contributed by atoms with Gasteiger partial charge >= 0.3 is 0 Å². The van der Waals surface area contributed by atoms with E-state index in [1.54, 1.807) is 4.88 Å². The van der Waals surface area contributed by atoms with Gasteiger partial charge in [-0.15, -0.1) is 11.3 Å². The van der Waals surface area contributed by atoms with Crippen molar-refractivity contribution in [3.8, 4) is 0 Å². The lowest BCUT2D eigenvalue weighted by Crippen LogP contribution is -2.52. The van der Waals surface area contributed by atoms with Crippen LogP contribution < -0.4 is 5.32 Å². The van der Waals surface area contributed by atoms with Gasteiger partial charge in [-0.3, -0.25) is 4.90 Å². The lowest BCUT2D eigenvalue weighted by Gasteiger charge is -2.39. The van der Waals surface area contributed by atoms with Gasteiger partial charge in [0, 0.05) is 37.1 Å². The number of thiophene rings is 1. The summed E-state index contributed by atoms with van der Waals surface area (Å²) in [5.74, 6) is 0. The van der Waals surface area contributed by atoms with E-state index in [1.165, 1.54) is 52.0 Å². The van der Waals surface area contributed by atoms with Crippen LogP contribution in [0.25, 0.3) is 0 Å². The third kappa shape index (κ3) is 3.42. The second kappa shape index (κ2) is 7.03. The topological polar surface area (TPSA) is 18.5 Å². The molecule has 0 aromatic carbocycles. The molecule has 3 rings (SSSR count). The smallest absolute Gasteiger partial charge is 0.0570 e. The summed E-state index contributed by atoms with van der Waals surface area (Å²) in [6.07, 6.45) is 4.00. The van der Waals surface area contributed by atoms with E-state index < -0.39 is 0 Å². The minimum atomic E-state index is 0.601. The molecule has 2 aliphatic rings. The molecule has 1 aromatic rings. The van der Waals surface area contributed by atoms with Gasteiger partial charge < -0.3 is 10.2 Å². The number of piperazine rings is 1. The standard InChI is InChI=1S/C16H27N3S/c1-2-14-12-19(10-7-17-14)15(16-6-5-11-20-16)13-18-8-3-4-9-18/h5-6,11,14-15,17H,2-4,7-10,12-13H2,1H3. The van der Waals surface area contributed by atoms with Crippen LogP contribution in [0.15, 0.2) is 17.5 Å². The Morgan fingerprint density at radius 2 is 2.20 bits per heavy atom. The zero-order chi connectivity index (χ0) is 13.8. The van der Waals surface area contributed by atoms with Gasteiger partial charge in [0.2, 0.25) is 0 Å². The monoisotopic (exact) mass is 293 g/mol. The fourth-order valence-corrected chi connectivity index (χ4v) is 4.34. The number of hydrogen-bond acceptors (Lipinski definition) is 4. The van der Waals surface area contributed by atoms with E-state index >= 15 is 0 Å². The molecule has 2 atom stereocenters. The van der Waals surface area contributed by atoms with Crippen molar-refractivity contribution in [3.05, 3.63) is 22.4 Å². The van der Waals surface area contributed by atoms with Crippen LogP contribution in [0, 0.1) is 0 Å². The van der Waals surface area contributed by atoms with Gasteiger partial charge in [-0.05, 0) is 43.8 Å². The van der Waals surface area contributed by atoms with E-state index in [9.17, 15) is 0 Å². The predicted octanol–water partition coefficient (Wildman–Crippen LogP) is 2.57. The molecular weight excluding hydrogens is 266 g/mol.